The van der Waals surface area contributed by atoms with Crippen molar-refractivity contribution in [2.45, 2.75) is 122 Å². The predicted octanol–water partition coefficient (Wildman–Crippen LogP) is 5.37. The number of aliphatic hydroxyl groups excluding tert-OH is 1. The van der Waals surface area contributed by atoms with Gasteiger partial charge in [0.15, 0.2) is 17.3 Å². The predicted molar refractivity (Wildman–Crippen MR) is 147 cm³/mol. The van der Waals surface area contributed by atoms with Crippen LogP contribution in [0.4, 0.5) is 0 Å². The van der Waals surface area contributed by atoms with Crippen molar-refractivity contribution < 1.29 is 42.8 Å². The normalized spacial score (nSPS) is 55.5. The number of ether oxygens (including phenoxy) is 5. The number of furan rings is 1. The standard InChI is InChI=1S/C33H42O9/c1-17(2)22(35)21-23-26(5,13-20-9-12-37-14-20)10-11-31-28(7)18(3)27(6)15-30(39-19(4)34)25(38-24(21)36)33(23,31)42-29(8,40-31)41-32(28,30)16-27/h9,12,14,17-18,23,25,35H,10-11,13,15-16H2,1-8H3/b22-21-. The number of hydrogen-bond donors (Lipinski definition) is 1. The molecule has 1 N–H and O–H groups in total. The summed E-state index contributed by atoms with van der Waals surface area (Å²) < 4.78 is 40.0. The van der Waals surface area contributed by atoms with E-state index in [4.69, 9.17) is 28.1 Å². The number of esters is 2. The van der Waals surface area contributed by atoms with Gasteiger partial charge in [0, 0.05) is 31.1 Å². The lowest BCUT2D eigenvalue weighted by Gasteiger charge is -2.77. The van der Waals surface area contributed by atoms with Gasteiger partial charge in [-0.1, -0.05) is 41.5 Å². The summed E-state index contributed by atoms with van der Waals surface area (Å²) in [6.45, 7) is 15.8. The van der Waals surface area contributed by atoms with Gasteiger partial charge < -0.3 is 33.2 Å². The third-order valence-corrected chi connectivity index (χ3v) is 13.4. The number of rotatable bonds is 4. The molecule has 3 aliphatic heterocycles. The Kier molecular flexibility index (Phi) is 4.72. The van der Waals surface area contributed by atoms with Crippen molar-refractivity contribution in [3.8, 4) is 0 Å². The third-order valence-electron chi connectivity index (χ3n) is 13.4. The summed E-state index contributed by atoms with van der Waals surface area (Å²) >= 11 is 0. The van der Waals surface area contributed by atoms with Crippen molar-refractivity contribution in [2.24, 2.45) is 34.0 Å². The monoisotopic (exact) mass is 582 g/mol. The number of fused-ring (bicyclic) bond motifs is 3. The Labute approximate surface area is 246 Å². The lowest BCUT2D eigenvalue weighted by molar-refractivity contribution is -0.470. The minimum atomic E-state index is -1.46. The van der Waals surface area contributed by atoms with Crippen LogP contribution in [0.1, 0.15) is 86.6 Å². The zero-order valence-corrected chi connectivity index (χ0v) is 25.8. The largest absolute Gasteiger partial charge is 0.511 e. The van der Waals surface area contributed by atoms with Crippen LogP contribution >= 0.6 is 0 Å². The summed E-state index contributed by atoms with van der Waals surface area (Å²) in [7, 11) is 0. The number of aliphatic hydroxyl groups is 1. The molecule has 228 valence electrons. The smallest absolute Gasteiger partial charge is 0.338 e. The van der Waals surface area contributed by atoms with Crippen molar-refractivity contribution in [1.82, 2.24) is 0 Å². The van der Waals surface area contributed by atoms with Gasteiger partial charge in [-0.3, -0.25) is 4.79 Å². The zero-order chi connectivity index (χ0) is 30.1. The van der Waals surface area contributed by atoms with Crippen molar-refractivity contribution in [1.29, 1.82) is 0 Å². The fourth-order valence-electron chi connectivity index (χ4n) is 12.1. The minimum Gasteiger partial charge on any atom is -0.511 e. The molecule has 3 spiro atoms. The molecule has 4 bridgehead atoms. The molecule has 0 amide bonds. The van der Waals surface area contributed by atoms with Crippen LogP contribution in [0.15, 0.2) is 34.3 Å². The average Bonchev–Trinajstić information content (AvgIpc) is 3.57. The first-order valence-electron chi connectivity index (χ1n) is 15.5. The molecule has 0 aromatic carbocycles. The molecular weight excluding hydrogens is 540 g/mol. The molecule has 11 atom stereocenters. The molecular formula is C33H42O9. The molecule has 4 aliphatic carbocycles. The van der Waals surface area contributed by atoms with E-state index in [9.17, 15) is 14.7 Å². The Hall–Kier alpha value is -2.36. The van der Waals surface area contributed by atoms with E-state index >= 15 is 0 Å². The van der Waals surface area contributed by atoms with Gasteiger partial charge >= 0.3 is 11.9 Å². The van der Waals surface area contributed by atoms with E-state index in [1.54, 1.807) is 12.5 Å². The first-order chi connectivity index (χ1) is 19.5. The summed E-state index contributed by atoms with van der Waals surface area (Å²) in [5.41, 5.74) is -4.81. The quantitative estimate of drug-likeness (QED) is 0.284. The van der Waals surface area contributed by atoms with E-state index in [1.165, 1.54) is 6.92 Å². The van der Waals surface area contributed by atoms with Crippen LogP contribution in [-0.2, 0) is 39.7 Å². The van der Waals surface area contributed by atoms with E-state index in [2.05, 4.69) is 27.7 Å². The number of hydrogen-bond acceptors (Lipinski definition) is 9. The highest BCUT2D eigenvalue weighted by atomic mass is 16.9. The van der Waals surface area contributed by atoms with Crippen molar-refractivity contribution >= 4 is 11.9 Å². The van der Waals surface area contributed by atoms with Crippen LogP contribution in [0, 0.1) is 34.0 Å². The fourth-order valence-corrected chi connectivity index (χ4v) is 12.1. The molecule has 4 saturated carbocycles. The van der Waals surface area contributed by atoms with Gasteiger partial charge in [-0.2, -0.15) is 0 Å². The second-order valence-electron chi connectivity index (χ2n) is 15.7. The highest BCUT2D eigenvalue weighted by Crippen LogP contribution is 2.89. The summed E-state index contributed by atoms with van der Waals surface area (Å²) in [6, 6.07) is 1.94. The molecule has 8 rings (SSSR count). The van der Waals surface area contributed by atoms with Gasteiger partial charge in [0.05, 0.1) is 18.1 Å². The Morgan fingerprint density at radius 1 is 1.10 bits per heavy atom. The molecule has 7 aliphatic rings. The van der Waals surface area contributed by atoms with Gasteiger partial charge in [0.2, 0.25) is 0 Å². The molecule has 3 saturated heterocycles. The highest BCUT2D eigenvalue weighted by molar-refractivity contribution is 5.92. The van der Waals surface area contributed by atoms with E-state index in [-0.39, 0.29) is 28.6 Å². The Bertz CT molecular complexity index is 1470. The molecule has 7 fully saturated rings. The minimum absolute atomic E-state index is 0.00847. The van der Waals surface area contributed by atoms with Gasteiger partial charge in [-0.25, -0.2) is 4.79 Å². The Morgan fingerprint density at radius 3 is 2.45 bits per heavy atom. The average molecular weight is 583 g/mol. The van der Waals surface area contributed by atoms with Crippen molar-refractivity contribution in [2.75, 3.05) is 0 Å². The van der Waals surface area contributed by atoms with Crippen LogP contribution in [0.25, 0.3) is 0 Å². The molecule has 9 heteroatoms. The maximum Gasteiger partial charge on any atom is 0.338 e. The van der Waals surface area contributed by atoms with Crippen LogP contribution < -0.4 is 0 Å². The second kappa shape index (κ2) is 7.29. The van der Waals surface area contributed by atoms with E-state index in [0.29, 0.717) is 32.1 Å². The van der Waals surface area contributed by atoms with Gasteiger partial charge in [0.25, 0.3) is 5.97 Å². The number of carbonyl (C=O) groups excluding carboxylic acids is 2. The molecule has 42 heavy (non-hydrogen) atoms. The first-order valence-corrected chi connectivity index (χ1v) is 15.5. The van der Waals surface area contributed by atoms with Gasteiger partial charge in [-0.15, -0.1) is 0 Å². The molecule has 1 aromatic rings. The van der Waals surface area contributed by atoms with Crippen LogP contribution in [0.2, 0.25) is 0 Å². The van der Waals surface area contributed by atoms with Crippen LogP contribution in [0.5, 0.6) is 0 Å². The van der Waals surface area contributed by atoms with Gasteiger partial charge in [-0.05, 0) is 60.5 Å². The Balaban J connectivity index is 1.49. The maximum absolute atomic E-state index is 14.4. The first kappa shape index (κ1) is 27.2. The van der Waals surface area contributed by atoms with Crippen molar-refractivity contribution in [3.63, 3.8) is 0 Å². The summed E-state index contributed by atoms with van der Waals surface area (Å²) in [5, 5.41) is 11.7. The van der Waals surface area contributed by atoms with E-state index in [1.807, 2.05) is 26.8 Å². The van der Waals surface area contributed by atoms with Gasteiger partial charge in [0.1, 0.15) is 17.0 Å². The summed E-state index contributed by atoms with van der Waals surface area (Å²) in [6.07, 6.45) is 5.42. The summed E-state index contributed by atoms with van der Waals surface area (Å²) in [5.74, 6) is -3.38. The Morgan fingerprint density at radius 2 is 1.81 bits per heavy atom. The second-order valence-corrected chi connectivity index (χ2v) is 15.7. The van der Waals surface area contributed by atoms with E-state index in [0.717, 1.165) is 5.56 Å². The van der Waals surface area contributed by atoms with Crippen LogP contribution in [0.3, 0.4) is 0 Å². The van der Waals surface area contributed by atoms with Crippen LogP contribution in [-0.4, -0.2) is 51.5 Å². The number of carbonyl (C=O) groups is 2. The molecule has 0 radical (unpaired) electrons. The molecule has 4 heterocycles. The lowest BCUT2D eigenvalue weighted by atomic mass is 9.33. The SMILES string of the molecule is CC(=O)OC12CC3(C)CC14OC1(C)OC56C(/C(=C(/O)C(C)C)C(=O)OC25)C(C)(Cc2ccoc2)CCC6(O1)C4(C)C3C. The third kappa shape index (κ3) is 2.45. The summed E-state index contributed by atoms with van der Waals surface area (Å²) in [4.78, 5) is 27.4. The molecule has 9 nitrogen and oxygen atoms in total. The maximum atomic E-state index is 14.4. The molecule has 1 aromatic heterocycles. The fraction of sp³-hybridized carbons (Fsp3) is 0.758. The van der Waals surface area contributed by atoms with E-state index < -0.39 is 63.2 Å². The zero-order valence-electron chi connectivity index (χ0n) is 25.8. The lowest BCUT2D eigenvalue weighted by Crippen LogP contribution is -2.92. The topological polar surface area (TPSA) is 114 Å². The molecule has 11 unspecified atom stereocenters. The number of allylic oxidation sites excluding steroid dienone is 1. The highest BCUT2D eigenvalue weighted by Gasteiger charge is 3.02. The van der Waals surface area contributed by atoms with Crippen molar-refractivity contribution in [3.05, 3.63) is 35.5 Å².